The smallest absolute Gasteiger partial charge is 0.155 e. The van der Waals surface area contributed by atoms with Crippen molar-refractivity contribution in [2.45, 2.75) is 19.4 Å². The van der Waals surface area contributed by atoms with Crippen molar-refractivity contribution in [1.82, 2.24) is 4.57 Å². The van der Waals surface area contributed by atoms with Gasteiger partial charge in [0, 0.05) is 22.5 Å². The number of nitrogens with zero attached hydrogens (tertiary/aromatic N) is 1. The van der Waals surface area contributed by atoms with Crippen LogP contribution in [0.15, 0.2) is 60.7 Å². The maximum absolute atomic E-state index is 12.3. The number of carbonyl (C=O) groups excluding carboxylic acids is 1. The molecule has 2 heteroatoms. The molecule has 1 aromatic heterocycles. The highest BCUT2D eigenvalue weighted by atomic mass is 16.1. The predicted molar refractivity (Wildman–Crippen MR) is 85.1 cm³/mol. The lowest BCUT2D eigenvalue weighted by molar-refractivity contribution is -0.120. The number of aromatic nitrogens is 1. The second-order valence-corrected chi connectivity index (χ2v) is 5.78. The minimum atomic E-state index is 0.301. The molecule has 0 atom stereocenters. The molecule has 1 heterocycles. The molecule has 0 radical (unpaired) electrons. The summed E-state index contributed by atoms with van der Waals surface area (Å²) in [5, 5.41) is 1.19. The predicted octanol–water partition coefficient (Wildman–Crippen LogP) is 4.29. The molecule has 0 spiro atoms. The summed E-state index contributed by atoms with van der Waals surface area (Å²) in [5.74, 6) is 0.670. The van der Waals surface area contributed by atoms with Crippen molar-refractivity contribution in [1.29, 1.82) is 0 Å². The first-order valence-electron chi connectivity index (χ1n) is 7.49. The fourth-order valence-electron chi connectivity index (χ4n) is 2.92. The fourth-order valence-corrected chi connectivity index (χ4v) is 2.92. The third-order valence-electron chi connectivity index (χ3n) is 4.23. The van der Waals surface area contributed by atoms with E-state index >= 15 is 0 Å². The number of benzene rings is 2. The van der Waals surface area contributed by atoms with Crippen LogP contribution in [0.3, 0.4) is 0 Å². The van der Waals surface area contributed by atoms with E-state index in [1.54, 1.807) is 0 Å². The Balaban J connectivity index is 1.86. The summed E-state index contributed by atoms with van der Waals surface area (Å²) in [4.78, 5) is 12.3. The number of hydrogen-bond donors (Lipinski definition) is 0. The van der Waals surface area contributed by atoms with Crippen LogP contribution in [0.2, 0.25) is 0 Å². The second-order valence-electron chi connectivity index (χ2n) is 5.78. The average Bonchev–Trinajstić information content (AvgIpc) is 3.32. The molecule has 2 nitrogen and oxygen atoms in total. The van der Waals surface area contributed by atoms with E-state index in [9.17, 15) is 4.79 Å². The molecule has 1 fully saturated rings. The number of hydrogen-bond acceptors (Lipinski definition) is 1. The summed E-state index contributed by atoms with van der Waals surface area (Å²) >= 11 is 0. The van der Waals surface area contributed by atoms with Crippen LogP contribution in [0.1, 0.15) is 12.8 Å². The van der Waals surface area contributed by atoms with Gasteiger partial charge in [-0.05, 0) is 30.5 Å². The molecule has 0 saturated heterocycles. The lowest BCUT2D eigenvalue weighted by Gasteiger charge is -2.10. The van der Waals surface area contributed by atoms with Crippen LogP contribution in [0.25, 0.3) is 22.2 Å². The van der Waals surface area contributed by atoms with Crippen molar-refractivity contribution < 1.29 is 4.79 Å². The Morgan fingerprint density at radius 2 is 1.71 bits per heavy atom. The molecule has 104 valence electrons. The molecule has 0 unspecified atom stereocenters. The van der Waals surface area contributed by atoms with Gasteiger partial charge in [-0.2, -0.15) is 0 Å². The summed E-state index contributed by atoms with van der Waals surface area (Å²) in [6, 6.07) is 20.8. The van der Waals surface area contributed by atoms with Crippen LogP contribution >= 0.6 is 0 Å². The topological polar surface area (TPSA) is 22.0 Å². The lowest BCUT2D eigenvalue weighted by Crippen LogP contribution is -2.12. The molecule has 0 N–H and O–H groups in total. The Labute approximate surface area is 124 Å². The first kappa shape index (κ1) is 12.4. The minimum Gasteiger partial charge on any atom is -0.333 e. The van der Waals surface area contributed by atoms with E-state index in [1.807, 2.05) is 30.3 Å². The Kier molecular flexibility index (Phi) is 2.88. The van der Waals surface area contributed by atoms with Gasteiger partial charge in [-0.1, -0.05) is 48.5 Å². The maximum Gasteiger partial charge on any atom is 0.155 e. The number of carbonyl (C=O) groups is 1. The summed E-state index contributed by atoms with van der Waals surface area (Å²) < 4.78 is 2.17. The van der Waals surface area contributed by atoms with E-state index in [4.69, 9.17) is 0 Å². The summed E-state index contributed by atoms with van der Waals surface area (Å²) in [6.07, 6.45) is 2.14. The highest BCUT2D eigenvalue weighted by molar-refractivity contribution is 5.90. The summed E-state index contributed by atoms with van der Waals surface area (Å²) in [7, 11) is 0. The third-order valence-corrected chi connectivity index (χ3v) is 4.23. The molecule has 1 aliphatic rings. The number of fused-ring (bicyclic) bond motifs is 1. The van der Waals surface area contributed by atoms with E-state index in [0.717, 1.165) is 29.6 Å². The van der Waals surface area contributed by atoms with Crippen LogP contribution < -0.4 is 0 Å². The van der Waals surface area contributed by atoms with Gasteiger partial charge in [0.05, 0.1) is 6.54 Å². The van der Waals surface area contributed by atoms with Crippen molar-refractivity contribution in [2.24, 2.45) is 5.92 Å². The van der Waals surface area contributed by atoms with E-state index in [2.05, 4.69) is 34.9 Å². The monoisotopic (exact) mass is 275 g/mol. The van der Waals surface area contributed by atoms with Gasteiger partial charge in [-0.3, -0.25) is 4.79 Å². The Bertz CT molecular complexity index is 797. The van der Waals surface area contributed by atoms with Gasteiger partial charge in [-0.25, -0.2) is 0 Å². The number of rotatable bonds is 4. The van der Waals surface area contributed by atoms with Crippen LogP contribution in [0.5, 0.6) is 0 Å². The molecule has 0 aliphatic heterocycles. The molecule has 1 saturated carbocycles. The van der Waals surface area contributed by atoms with E-state index < -0.39 is 0 Å². The normalized spacial score (nSPS) is 14.5. The quantitative estimate of drug-likeness (QED) is 0.696. The minimum absolute atomic E-state index is 0.301. The average molecular weight is 275 g/mol. The lowest BCUT2D eigenvalue weighted by atomic mass is 10.1. The molecule has 0 amide bonds. The SMILES string of the molecule is O=C(Cn1c(-c2ccccc2)cc2ccccc21)C1CC1. The van der Waals surface area contributed by atoms with Gasteiger partial charge in [0.2, 0.25) is 0 Å². The molecule has 2 aromatic carbocycles. The third kappa shape index (κ3) is 2.27. The standard InChI is InChI=1S/C19H17NO/c21-19(15-10-11-15)13-20-17-9-5-4-8-16(17)12-18(20)14-6-2-1-3-7-14/h1-9,12,15H,10-11,13H2. The van der Waals surface area contributed by atoms with Crippen LogP contribution in [0.4, 0.5) is 0 Å². The Morgan fingerprint density at radius 3 is 2.48 bits per heavy atom. The zero-order chi connectivity index (χ0) is 14.2. The van der Waals surface area contributed by atoms with Crippen molar-refractivity contribution in [3.8, 4) is 11.3 Å². The van der Waals surface area contributed by atoms with Gasteiger partial charge in [-0.15, -0.1) is 0 Å². The van der Waals surface area contributed by atoms with Gasteiger partial charge >= 0.3 is 0 Å². The van der Waals surface area contributed by atoms with Crippen molar-refractivity contribution >= 4 is 16.7 Å². The molecule has 4 rings (SSSR count). The summed E-state index contributed by atoms with van der Waals surface area (Å²) in [5.41, 5.74) is 3.44. The van der Waals surface area contributed by atoms with Crippen LogP contribution in [-0.2, 0) is 11.3 Å². The van der Waals surface area contributed by atoms with Gasteiger partial charge in [0.1, 0.15) is 0 Å². The fraction of sp³-hybridized carbons (Fsp3) is 0.211. The van der Waals surface area contributed by atoms with E-state index in [1.165, 1.54) is 5.39 Å². The highest BCUT2D eigenvalue weighted by Crippen LogP contribution is 2.33. The zero-order valence-corrected chi connectivity index (χ0v) is 11.8. The largest absolute Gasteiger partial charge is 0.333 e. The molecular formula is C19H17NO. The van der Waals surface area contributed by atoms with Gasteiger partial charge in [0.25, 0.3) is 0 Å². The van der Waals surface area contributed by atoms with E-state index in [-0.39, 0.29) is 0 Å². The number of Topliss-reactive ketones (excluding diaryl/α,β-unsaturated/α-hetero) is 1. The molecule has 1 aliphatic carbocycles. The first-order chi connectivity index (χ1) is 10.3. The van der Waals surface area contributed by atoms with Crippen LogP contribution in [0, 0.1) is 5.92 Å². The first-order valence-corrected chi connectivity index (χ1v) is 7.49. The van der Waals surface area contributed by atoms with Crippen molar-refractivity contribution in [2.75, 3.05) is 0 Å². The molecular weight excluding hydrogens is 258 g/mol. The maximum atomic E-state index is 12.3. The van der Waals surface area contributed by atoms with Crippen LogP contribution in [-0.4, -0.2) is 10.4 Å². The van der Waals surface area contributed by atoms with Gasteiger partial charge < -0.3 is 4.57 Å². The second kappa shape index (κ2) is 4.88. The Hall–Kier alpha value is -2.35. The summed E-state index contributed by atoms with van der Waals surface area (Å²) in [6.45, 7) is 0.488. The van der Waals surface area contributed by atoms with Gasteiger partial charge in [0.15, 0.2) is 5.78 Å². The zero-order valence-electron chi connectivity index (χ0n) is 11.8. The number of ketones is 1. The molecule has 21 heavy (non-hydrogen) atoms. The Morgan fingerprint density at radius 1 is 1.00 bits per heavy atom. The van der Waals surface area contributed by atoms with E-state index in [0.29, 0.717) is 18.2 Å². The van der Waals surface area contributed by atoms with Crippen molar-refractivity contribution in [3.63, 3.8) is 0 Å². The molecule has 0 bridgehead atoms. The highest BCUT2D eigenvalue weighted by Gasteiger charge is 2.30. The van der Waals surface area contributed by atoms with Crippen molar-refractivity contribution in [3.05, 3.63) is 60.7 Å². The molecule has 3 aromatic rings. The number of para-hydroxylation sites is 1.